The highest BCUT2D eigenvalue weighted by atomic mass is 16.5. The number of ether oxygens (including phenoxy) is 1. The summed E-state index contributed by atoms with van der Waals surface area (Å²) in [5, 5.41) is 7.58. The highest BCUT2D eigenvalue weighted by molar-refractivity contribution is 5.97. The molecule has 0 bridgehead atoms. The second kappa shape index (κ2) is 5.14. The van der Waals surface area contributed by atoms with E-state index in [0.717, 1.165) is 16.9 Å². The molecular formula is C16H18N2O. The quantitative estimate of drug-likeness (QED) is 0.648. The Morgan fingerprint density at radius 1 is 1.05 bits per heavy atom. The van der Waals surface area contributed by atoms with Crippen molar-refractivity contribution >= 4 is 5.84 Å². The van der Waals surface area contributed by atoms with Crippen LogP contribution in [0, 0.1) is 26.2 Å². The van der Waals surface area contributed by atoms with Crippen molar-refractivity contribution in [3.63, 3.8) is 0 Å². The van der Waals surface area contributed by atoms with Crippen molar-refractivity contribution in [2.45, 2.75) is 20.8 Å². The second-order valence-corrected chi connectivity index (χ2v) is 4.72. The van der Waals surface area contributed by atoms with Crippen LogP contribution in [0.1, 0.15) is 22.3 Å². The van der Waals surface area contributed by atoms with Crippen LogP contribution < -0.4 is 10.5 Å². The molecular weight excluding hydrogens is 236 g/mol. The van der Waals surface area contributed by atoms with Gasteiger partial charge < -0.3 is 10.5 Å². The topological polar surface area (TPSA) is 59.1 Å². The molecule has 3 N–H and O–H groups in total. The van der Waals surface area contributed by atoms with E-state index in [1.165, 1.54) is 5.56 Å². The van der Waals surface area contributed by atoms with Gasteiger partial charge in [0, 0.05) is 0 Å². The fourth-order valence-corrected chi connectivity index (χ4v) is 2.00. The maximum atomic E-state index is 7.58. The number of rotatable bonds is 3. The van der Waals surface area contributed by atoms with E-state index in [9.17, 15) is 0 Å². The Hall–Kier alpha value is -2.29. The zero-order valence-corrected chi connectivity index (χ0v) is 11.4. The average Bonchev–Trinajstić information content (AvgIpc) is 2.35. The molecule has 0 heterocycles. The summed E-state index contributed by atoms with van der Waals surface area (Å²) < 4.78 is 5.94. The van der Waals surface area contributed by atoms with Gasteiger partial charge in [0.05, 0.1) is 5.56 Å². The van der Waals surface area contributed by atoms with E-state index in [-0.39, 0.29) is 5.84 Å². The Balaban J connectivity index is 2.45. The van der Waals surface area contributed by atoms with Gasteiger partial charge in [-0.25, -0.2) is 0 Å². The molecule has 0 unspecified atom stereocenters. The van der Waals surface area contributed by atoms with Crippen molar-refractivity contribution in [3.05, 3.63) is 58.7 Å². The van der Waals surface area contributed by atoms with Gasteiger partial charge in [-0.1, -0.05) is 18.2 Å². The third kappa shape index (κ3) is 2.76. The van der Waals surface area contributed by atoms with Gasteiger partial charge in [-0.15, -0.1) is 0 Å². The Kier molecular flexibility index (Phi) is 3.56. The van der Waals surface area contributed by atoms with Crippen LogP contribution in [0.25, 0.3) is 0 Å². The third-order valence-electron chi connectivity index (χ3n) is 3.16. The number of nitrogens with two attached hydrogens (primary N) is 1. The number of hydrogen-bond donors (Lipinski definition) is 2. The number of benzene rings is 2. The second-order valence-electron chi connectivity index (χ2n) is 4.72. The SMILES string of the molecule is Cc1cc(C)c(C)c(Oc2ccccc2C(=N)N)c1. The molecule has 2 rings (SSSR count). The minimum Gasteiger partial charge on any atom is -0.456 e. The van der Waals surface area contributed by atoms with Crippen molar-refractivity contribution in [3.8, 4) is 11.5 Å². The van der Waals surface area contributed by atoms with Crippen molar-refractivity contribution in [2.24, 2.45) is 5.73 Å². The largest absolute Gasteiger partial charge is 0.456 e. The van der Waals surface area contributed by atoms with E-state index in [2.05, 4.69) is 13.0 Å². The summed E-state index contributed by atoms with van der Waals surface area (Å²) in [6, 6.07) is 11.5. The molecule has 0 spiro atoms. The molecule has 2 aromatic rings. The number of nitrogen functional groups attached to an aromatic ring is 1. The molecule has 98 valence electrons. The molecule has 0 radical (unpaired) electrons. The predicted octanol–water partition coefficient (Wildman–Crippen LogP) is 3.69. The molecule has 3 nitrogen and oxygen atoms in total. The number of nitrogens with one attached hydrogen (secondary N) is 1. The number of amidine groups is 1. The Morgan fingerprint density at radius 3 is 2.42 bits per heavy atom. The summed E-state index contributed by atoms with van der Waals surface area (Å²) in [7, 11) is 0. The lowest BCUT2D eigenvalue weighted by Gasteiger charge is -2.14. The molecule has 3 heteroatoms. The summed E-state index contributed by atoms with van der Waals surface area (Å²) in [5.74, 6) is 1.44. The molecule has 0 aromatic heterocycles. The number of aryl methyl sites for hydroxylation is 2. The monoisotopic (exact) mass is 254 g/mol. The lowest BCUT2D eigenvalue weighted by molar-refractivity contribution is 0.477. The highest BCUT2D eigenvalue weighted by Crippen LogP contribution is 2.30. The van der Waals surface area contributed by atoms with Crippen LogP contribution in [0.5, 0.6) is 11.5 Å². The Morgan fingerprint density at radius 2 is 1.74 bits per heavy atom. The van der Waals surface area contributed by atoms with Crippen LogP contribution in [0.2, 0.25) is 0 Å². The first-order valence-electron chi connectivity index (χ1n) is 6.18. The lowest BCUT2D eigenvalue weighted by atomic mass is 10.1. The number of para-hydroxylation sites is 1. The van der Waals surface area contributed by atoms with Gasteiger partial charge in [-0.2, -0.15) is 0 Å². The standard InChI is InChI=1S/C16H18N2O/c1-10-8-11(2)12(3)15(9-10)19-14-7-5-4-6-13(14)16(17)18/h4-9H,1-3H3,(H3,17,18). The maximum absolute atomic E-state index is 7.58. The fourth-order valence-electron chi connectivity index (χ4n) is 2.00. The first kappa shape index (κ1) is 13.1. The summed E-state index contributed by atoms with van der Waals surface area (Å²) in [5.41, 5.74) is 9.62. The molecule has 0 saturated carbocycles. The fraction of sp³-hybridized carbons (Fsp3) is 0.188. The minimum absolute atomic E-state index is 0.0117. The molecule has 0 atom stereocenters. The zero-order chi connectivity index (χ0) is 14.0. The predicted molar refractivity (Wildman–Crippen MR) is 78.2 cm³/mol. The van der Waals surface area contributed by atoms with Crippen molar-refractivity contribution in [2.75, 3.05) is 0 Å². The van der Waals surface area contributed by atoms with E-state index in [0.29, 0.717) is 11.3 Å². The first-order chi connectivity index (χ1) is 8.99. The smallest absolute Gasteiger partial charge is 0.138 e. The van der Waals surface area contributed by atoms with Crippen LogP contribution in [0.15, 0.2) is 36.4 Å². The highest BCUT2D eigenvalue weighted by Gasteiger charge is 2.10. The van der Waals surface area contributed by atoms with Crippen LogP contribution in [-0.4, -0.2) is 5.84 Å². The van der Waals surface area contributed by atoms with E-state index >= 15 is 0 Å². The van der Waals surface area contributed by atoms with Crippen LogP contribution in [0.4, 0.5) is 0 Å². The van der Waals surface area contributed by atoms with E-state index in [1.807, 2.05) is 38.1 Å². The number of hydrogen-bond acceptors (Lipinski definition) is 2. The van der Waals surface area contributed by atoms with Crippen LogP contribution in [0.3, 0.4) is 0 Å². The van der Waals surface area contributed by atoms with Crippen LogP contribution in [-0.2, 0) is 0 Å². The van der Waals surface area contributed by atoms with Crippen molar-refractivity contribution < 1.29 is 4.74 Å². The van der Waals surface area contributed by atoms with Gasteiger partial charge in [0.1, 0.15) is 17.3 Å². The van der Waals surface area contributed by atoms with E-state index in [4.69, 9.17) is 15.9 Å². The zero-order valence-electron chi connectivity index (χ0n) is 11.4. The summed E-state index contributed by atoms with van der Waals surface area (Å²) in [4.78, 5) is 0. The Bertz CT molecular complexity index is 633. The van der Waals surface area contributed by atoms with Gasteiger partial charge in [-0.05, 0) is 55.7 Å². The summed E-state index contributed by atoms with van der Waals surface area (Å²) >= 11 is 0. The Labute approximate surface area is 113 Å². The average molecular weight is 254 g/mol. The van der Waals surface area contributed by atoms with Crippen molar-refractivity contribution in [1.29, 1.82) is 5.41 Å². The van der Waals surface area contributed by atoms with Gasteiger partial charge in [0.25, 0.3) is 0 Å². The van der Waals surface area contributed by atoms with E-state index in [1.54, 1.807) is 6.07 Å². The molecule has 0 aliphatic heterocycles. The lowest BCUT2D eigenvalue weighted by Crippen LogP contribution is -2.12. The van der Waals surface area contributed by atoms with Gasteiger partial charge in [-0.3, -0.25) is 5.41 Å². The van der Waals surface area contributed by atoms with Gasteiger partial charge >= 0.3 is 0 Å². The normalized spacial score (nSPS) is 10.3. The molecule has 0 fully saturated rings. The summed E-state index contributed by atoms with van der Waals surface area (Å²) in [6.07, 6.45) is 0. The van der Waals surface area contributed by atoms with Gasteiger partial charge in [0.2, 0.25) is 0 Å². The molecule has 0 amide bonds. The third-order valence-corrected chi connectivity index (χ3v) is 3.16. The van der Waals surface area contributed by atoms with Crippen molar-refractivity contribution in [1.82, 2.24) is 0 Å². The molecule has 19 heavy (non-hydrogen) atoms. The first-order valence-corrected chi connectivity index (χ1v) is 6.18. The minimum atomic E-state index is 0.0117. The molecule has 2 aromatic carbocycles. The van der Waals surface area contributed by atoms with Crippen LogP contribution >= 0.6 is 0 Å². The molecule has 0 saturated heterocycles. The van der Waals surface area contributed by atoms with Gasteiger partial charge in [0.15, 0.2) is 0 Å². The summed E-state index contributed by atoms with van der Waals surface area (Å²) in [6.45, 7) is 6.13. The maximum Gasteiger partial charge on any atom is 0.138 e. The molecule has 0 aliphatic rings. The van der Waals surface area contributed by atoms with E-state index < -0.39 is 0 Å². The molecule has 0 aliphatic carbocycles.